The summed E-state index contributed by atoms with van der Waals surface area (Å²) in [7, 11) is 0. The maximum Gasteiger partial charge on any atom is 0.177 e. The highest BCUT2D eigenvalue weighted by Gasteiger charge is 2.07. The summed E-state index contributed by atoms with van der Waals surface area (Å²) in [6.07, 6.45) is 4.90. The van der Waals surface area contributed by atoms with Crippen LogP contribution >= 0.6 is 0 Å². The zero-order valence-electron chi connectivity index (χ0n) is 11.4. The molecule has 20 heavy (non-hydrogen) atoms. The molecule has 0 radical (unpaired) electrons. The lowest BCUT2D eigenvalue weighted by atomic mass is 10.2. The maximum absolute atomic E-state index is 5.46. The number of aromatic amines is 1. The molecule has 2 aromatic heterocycles. The molecule has 1 N–H and O–H groups in total. The highest BCUT2D eigenvalue weighted by atomic mass is 16.3. The Hall–Kier alpha value is -2.47. The standard InChI is InChI=1S/C17H16N2O/c1-2-3-4-5-8-14-11-13(12-20-14)17-18-15-9-6-7-10-16(15)19-17/h6-7,9-12H,2-4H2,1H3,(H,18,19). The highest BCUT2D eigenvalue weighted by molar-refractivity contribution is 5.79. The van der Waals surface area contributed by atoms with Gasteiger partial charge in [-0.3, -0.25) is 0 Å². The van der Waals surface area contributed by atoms with Crippen LogP contribution in [-0.2, 0) is 0 Å². The SMILES string of the molecule is CCCCC#Cc1cc(-c2nc3ccccc3[nH]2)co1. The molecule has 0 saturated carbocycles. The minimum absolute atomic E-state index is 0.691. The van der Waals surface area contributed by atoms with Gasteiger partial charge in [-0.2, -0.15) is 0 Å². The van der Waals surface area contributed by atoms with Crippen molar-refractivity contribution in [3.05, 3.63) is 42.4 Å². The lowest BCUT2D eigenvalue weighted by molar-refractivity contribution is 0.555. The van der Waals surface area contributed by atoms with Gasteiger partial charge in [0.2, 0.25) is 0 Å². The average Bonchev–Trinajstić information content (AvgIpc) is 3.09. The minimum Gasteiger partial charge on any atom is -0.455 e. The van der Waals surface area contributed by atoms with Gasteiger partial charge in [-0.15, -0.1) is 0 Å². The number of benzene rings is 1. The molecule has 0 aliphatic carbocycles. The van der Waals surface area contributed by atoms with Gasteiger partial charge in [0, 0.05) is 12.5 Å². The zero-order valence-corrected chi connectivity index (χ0v) is 11.4. The molecule has 0 aliphatic heterocycles. The van der Waals surface area contributed by atoms with E-state index in [1.807, 2.05) is 30.3 Å². The van der Waals surface area contributed by atoms with Gasteiger partial charge in [0.25, 0.3) is 0 Å². The van der Waals surface area contributed by atoms with E-state index in [4.69, 9.17) is 4.42 Å². The lowest BCUT2D eigenvalue weighted by Crippen LogP contribution is -1.75. The summed E-state index contributed by atoms with van der Waals surface area (Å²) in [6, 6.07) is 9.90. The van der Waals surface area contributed by atoms with Gasteiger partial charge in [-0.05, 0) is 24.5 Å². The molecule has 0 aliphatic rings. The molecule has 3 aromatic rings. The maximum atomic E-state index is 5.46. The van der Waals surface area contributed by atoms with Gasteiger partial charge in [-0.1, -0.05) is 31.4 Å². The van der Waals surface area contributed by atoms with Crippen LogP contribution in [0.3, 0.4) is 0 Å². The number of para-hydroxylation sites is 2. The Labute approximate surface area is 118 Å². The Morgan fingerprint density at radius 2 is 2.20 bits per heavy atom. The number of unbranched alkanes of at least 4 members (excludes halogenated alkanes) is 2. The predicted molar refractivity (Wildman–Crippen MR) is 80.2 cm³/mol. The smallest absolute Gasteiger partial charge is 0.177 e. The Kier molecular flexibility index (Phi) is 3.56. The van der Waals surface area contributed by atoms with E-state index in [2.05, 4.69) is 28.7 Å². The van der Waals surface area contributed by atoms with Gasteiger partial charge in [-0.25, -0.2) is 4.98 Å². The lowest BCUT2D eigenvalue weighted by Gasteiger charge is -1.85. The number of imidazole rings is 1. The number of hydrogen-bond donors (Lipinski definition) is 1. The van der Waals surface area contributed by atoms with E-state index >= 15 is 0 Å². The molecule has 0 atom stereocenters. The molecule has 3 rings (SSSR count). The van der Waals surface area contributed by atoms with Crippen LogP contribution in [0.5, 0.6) is 0 Å². The van der Waals surface area contributed by atoms with Crippen molar-refractivity contribution in [2.75, 3.05) is 0 Å². The van der Waals surface area contributed by atoms with Crippen LogP contribution in [0.1, 0.15) is 31.9 Å². The Morgan fingerprint density at radius 3 is 3.05 bits per heavy atom. The summed E-state index contributed by atoms with van der Waals surface area (Å²) in [4.78, 5) is 7.82. The van der Waals surface area contributed by atoms with Gasteiger partial charge in [0.1, 0.15) is 12.1 Å². The first-order valence-corrected chi connectivity index (χ1v) is 6.89. The molecule has 0 saturated heterocycles. The largest absolute Gasteiger partial charge is 0.455 e. The highest BCUT2D eigenvalue weighted by Crippen LogP contribution is 2.22. The molecular weight excluding hydrogens is 248 g/mol. The summed E-state index contributed by atoms with van der Waals surface area (Å²) in [5.41, 5.74) is 2.92. The topological polar surface area (TPSA) is 41.8 Å². The third kappa shape index (κ3) is 2.60. The number of fused-ring (bicyclic) bond motifs is 1. The number of nitrogens with one attached hydrogen (secondary N) is 1. The van der Waals surface area contributed by atoms with E-state index in [-0.39, 0.29) is 0 Å². The van der Waals surface area contributed by atoms with Crippen LogP contribution in [0.4, 0.5) is 0 Å². The van der Waals surface area contributed by atoms with Crippen LogP contribution < -0.4 is 0 Å². The zero-order chi connectivity index (χ0) is 13.8. The molecule has 0 amide bonds. The van der Waals surface area contributed by atoms with Crippen LogP contribution in [0.25, 0.3) is 22.4 Å². The van der Waals surface area contributed by atoms with E-state index in [1.165, 1.54) is 0 Å². The van der Waals surface area contributed by atoms with Crippen molar-refractivity contribution in [1.29, 1.82) is 0 Å². The fourth-order valence-corrected chi connectivity index (χ4v) is 2.03. The van der Waals surface area contributed by atoms with Crippen LogP contribution in [-0.4, -0.2) is 9.97 Å². The summed E-state index contributed by atoms with van der Waals surface area (Å²) >= 11 is 0. The van der Waals surface area contributed by atoms with Crippen molar-refractivity contribution in [3.8, 4) is 23.2 Å². The first kappa shape index (κ1) is 12.6. The molecule has 0 unspecified atom stereocenters. The second kappa shape index (κ2) is 5.66. The Bertz CT molecular complexity index is 738. The van der Waals surface area contributed by atoms with Crippen molar-refractivity contribution < 1.29 is 4.42 Å². The fourth-order valence-electron chi connectivity index (χ4n) is 2.03. The summed E-state index contributed by atoms with van der Waals surface area (Å²) in [6.45, 7) is 2.16. The summed E-state index contributed by atoms with van der Waals surface area (Å²) in [5.74, 6) is 7.67. The summed E-state index contributed by atoms with van der Waals surface area (Å²) in [5, 5.41) is 0. The fraction of sp³-hybridized carbons (Fsp3) is 0.235. The van der Waals surface area contributed by atoms with Crippen molar-refractivity contribution in [2.45, 2.75) is 26.2 Å². The Balaban J connectivity index is 1.83. The number of aromatic nitrogens is 2. The van der Waals surface area contributed by atoms with Gasteiger partial charge in [0.05, 0.1) is 16.6 Å². The van der Waals surface area contributed by atoms with Crippen LogP contribution in [0.15, 0.2) is 41.0 Å². The molecule has 3 nitrogen and oxygen atoms in total. The normalized spacial score (nSPS) is 10.4. The quantitative estimate of drug-likeness (QED) is 0.564. The van der Waals surface area contributed by atoms with Crippen molar-refractivity contribution in [1.82, 2.24) is 9.97 Å². The molecule has 3 heteroatoms. The van der Waals surface area contributed by atoms with Gasteiger partial charge < -0.3 is 9.40 Å². The molecule has 100 valence electrons. The first-order valence-electron chi connectivity index (χ1n) is 6.89. The van der Waals surface area contributed by atoms with Gasteiger partial charge in [0.15, 0.2) is 5.76 Å². The van der Waals surface area contributed by atoms with Crippen LogP contribution in [0, 0.1) is 11.8 Å². The average molecular weight is 264 g/mol. The summed E-state index contributed by atoms with van der Waals surface area (Å²) < 4.78 is 5.46. The van der Waals surface area contributed by atoms with Crippen LogP contribution in [0.2, 0.25) is 0 Å². The molecule has 2 heterocycles. The second-order valence-corrected chi connectivity index (χ2v) is 4.71. The predicted octanol–water partition coefficient (Wildman–Crippen LogP) is 4.36. The van der Waals surface area contributed by atoms with Crippen molar-refractivity contribution in [2.24, 2.45) is 0 Å². The number of hydrogen-bond acceptors (Lipinski definition) is 2. The van der Waals surface area contributed by atoms with E-state index in [0.29, 0.717) is 5.76 Å². The molecular formula is C17H16N2O. The van der Waals surface area contributed by atoms with E-state index in [0.717, 1.165) is 41.7 Å². The third-order valence-corrected chi connectivity index (χ3v) is 3.13. The molecule has 0 spiro atoms. The second-order valence-electron chi connectivity index (χ2n) is 4.71. The van der Waals surface area contributed by atoms with Crippen molar-refractivity contribution >= 4 is 11.0 Å². The third-order valence-electron chi connectivity index (χ3n) is 3.13. The molecule has 0 fully saturated rings. The van der Waals surface area contributed by atoms with Crippen molar-refractivity contribution in [3.63, 3.8) is 0 Å². The van der Waals surface area contributed by atoms with Gasteiger partial charge >= 0.3 is 0 Å². The monoisotopic (exact) mass is 264 g/mol. The van der Waals surface area contributed by atoms with E-state index in [9.17, 15) is 0 Å². The first-order chi connectivity index (χ1) is 9.86. The number of furan rings is 1. The molecule has 1 aromatic carbocycles. The van der Waals surface area contributed by atoms with E-state index < -0.39 is 0 Å². The number of nitrogens with zero attached hydrogens (tertiary/aromatic N) is 1. The number of rotatable bonds is 3. The molecule has 0 bridgehead atoms. The minimum atomic E-state index is 0.691. The number of H-pyrrole nitrogens is 1. The van der Waals surface area contributed by atoms with E-state index in [1.54, 1.807) is 6.26 Å². The Morgan fingerprint density at radius 1 is 1.30 bits per heavy atom.